The van der Waals surface area contributed by atoms with Gasteiger partial charge in [-0.2, -0.15) is 0 Å². The predicted molar refractivity (Wildman–Crippen MR) is 212 cm³/mol. The maximum atomic E-state index is 12.9. The van der Waals surface area contributed by atoms with E-state index >= 15 is 0 Å². The molecule has 270 valence electrons. The molecule has 0 bridgehead atoms. The topological polar surface area (TPSA) is 161 Å². The van der Waals surface area contributed by atoms with Gasteiger partial charge in [0.05, 0.1) is 36.7 Å². The molecule has 2 aromatic heterocycles. The number of ether oxygens (including phenoxy) is 2. The Morgan fingerprint density at radius 3 is 1.46 bits per heavy atom. The Labute approximate surface area is 317 Å². The first-order valence-electron chi connectivity index (χ1n) is 16.3. The van der Waals surface area contributed by atoms with Gasteiger partial charge in [0.15, 0.2) is 10.3 Å². The van der Waals surface area contributed by atoms with E-state index < -0.39 is 0 Å². The molecule has 0 aliphatic heterocycles. The van der Waals surface area contributed by atoms with Crippen LogP contribution in [0, 0.1) is 0 Å². The zero-order chi connectivity index (χ0) is 37.9. The number of methoxy groups -OCH3 is 2. The summed E-state index contributed by atoms with van der Waals surface area (Å²) in [6.45, 7) is 0. The minimum absolute atomic E-state index is 0.308. The fraction of sp³-hybridized carbons (Fsp3) is 0.0500. The van der Waals surface area contributed by atoms with Crippen molar-refractivity contribution in [2.45, 2.75) is 0 Å². The van der Waals surface area contributed by atoms with Gasteiger partial charge in [-0.3, -0.25) is 29.8 Å². The summed E-state index contributed by atoms with van der Waals surface area (Å²) in [6.07, 6.45) is 3.23. The number of nitrogens with one attached hydrogen (secondary N) is 4. The van der Waals surface area contributed by atoms with E-state index in [1.165, 1.54) is 22.7 Å². The Bertz CT molecular complexity index is 2380. The minimum atomic E-state index is -0.337. The van der Waals surface area contributed by atoms with E-state index in [-0.39, 0.29) is 23.6 Å². The normalized spacial score (nSPS) is 10.3. The number of carbonyl (C=O) groups excluding carboxylic acids is 4. The Kier molecular flexibility index (Phi) is 12.0. The molecule has 4 N–H and O–H groups in total. The average molecular weight is 757 g/mol. The first-order chi connectivity index (χ1) is 26.3. The predicted octanol–water partition coefficient (Wildman–Crippen LogP) is 8.47. The number of hydrogen-bond acceptors (Lipinski definition) is 10. The van der Waals surface area contributed by atoms with Crippen molar-refractivity contribution in [2.24, 2.45) is 0 Å². The van der Waals surface area contributed by atoms with Crippen molar-refractivity contribution in [1.29, 1.82) is 0 Å². The molecule has 0 atom stereocenters. The van der Waals surface area contributed by atoms with Crippen LogP contribution in [0.2, 0.25) is 0 Å². The highest BCUT2D eigenvalue weighted by Gasteiger charge is 2.18. The van der Waals surface area contributed by atoms with E-state index in [0.29, 0.717) is 55.4 Å². The molecule has 7 aromatic rings. The number of fused-ring (bicyclic) bond motifs is 1. The van der Waals surface area contributed by atoms with E-state index in [1.54, 1.807) is 122 Å². The number of anilines is 4. The van der Waals surface area contributed by atoms with E-state index in [4.69, 9.17) is 9.47 Å². The van der Waals surface area contributed by atoms with Crippen LogP contribution < -0.4 is 30.7 Å². The van der Waals surface area contributed by atoms with Gasteiger partial charge in [0.25, 0.3) is 23.6 Å². The number of amides is 4. The van der Waals surface area contributed by atoms with Gasteiger partial charge in [0.1, 0.15) is 11.5 Å². The molecule has 0 aliphatic rings. The lowest BCUT2D eigenvalue weighted by Crippen LogP contribution is -2.18. The number of nitrogens with zero attached hydrogens (tertiary/aromatic N) is 2. The SMILES string of the molecule is COc1ccc(C(=O)Nc2cc3ccccc3cc2C(=O)Nc2nccs2)cc1.COc1ccc(C(=O)Nc2ccccc2C(=O)Nc2nccs2)cc1. The van der Waals surface area contributed by atoms with Gasteiger partial charge >= 0.3 is 0 Å². The van der Waals surface area contributed by atoms with Crippen molar-refractivity contribution in [3.8, 4) is 11.5 Å². The van der Waals surface area contributed by atoms with Crippen molar-refractivity contribution in [1.82, 2.24) is 9.97 Å². The molecule has 5 aromatic carbocycles. The fourth-order valence-electron chi connectivity index (χ4n) is 5.09. The lowest BCUT2D eigenvalue weighted by Gasteiger charge is -2.13. The second kappa shape index (κ2) is 17.5. The number of rotatable bonds is 10. The number of aromatic nitrogens is 2. The van der Waals surface area contributed by atoms with Crippen molar-refractivity contribution in [3.05, 3.63) is 155 Å². The molecule has 7 rings (SSSR count). The molecule has 14 heteroatoms. The standard InChI is InChI=1S/C22H17N3O3S.C18H15N3O3S/c1-28-17-8-6-14(7-9-17)20(26)24-19-13-16-5-3-2-4-15(16)12-18(19)21(27)25-22-23-10-11-29-22;1-24-13-8-6-12(7-9-13)16(22)20-15-5-3-2-4-14(15)17(23)21-18-19-10-11-25-18/h2-13H,1H3,(H,24,26)(H,23,25,27);2-11H,1H3,(H,20,22)(H,19,21,23). The molecule has 0 aliphatic carbocycles. The summed E-state index contributed by atoms with van der Waals surface area (Å²) < 4.78 is 10.2. The number of benzene rings is 5. The highest BCUT2D eigenvalue weighted by Crippen LogP contribution is 2.27. The Balaban J connectivity index is 0.000000186. The Hall–Kier alpha value is -6.90. The zero-order valence-electron chi connectivity index (χ0n) is 28.9. The maximum Gasteiger partial charge on any atom is 0.259 e. The summed E-state index contributed by atoms with van der Waals surface area (Å²) in [4.78, 5) is 58.6. The molecule has 4 amide bonds. The lowest BCUT2D eigenvalue weighted by atomic mass is 10.0. The van der Waals surface area contributed by atoms with Crippen molar-refractivity contribution in [2.75, 3.05) is 35.5 Å². The minimum Gasteiger partial charge on any atom is -0.497 e. The lowest BCUT2D eigenvalue weighted by molar-refractivity contribution is 0.101. The largest absolute Gasteiger partial charge is 0.497 e. The van der Waals surface area contributed by atoms with E-state index in [9.17, 15) is 19.2 Å². The first kappa shape index (κ1) is 36.9. The summed E-state index contributed by atoms with van der Waals surface area (Å²) in [7, 11) is 3.13. The molecular weight excluding hydrogens is 725 g/mol. The summed E-state index contributed by atoms with van der Waals surface area (Å²) in [5, 5.41) is 17.5. The van der Waals surface area contributed by atoms with E-state index in [1.807, 2.05) is 24.3 Å². The average Bonchev–Trinajstić information content (AvgIpc) is 3.93. The van der Waals surface area contributed by atoms with Crippen molar-refractivity contribution >= 4 is 78.7 Å². The molecule has 0 saturated carbocycles. The van der Waals surface area contributed by atoms with Gasteiger partial charge in [-0.15, -0.1) is 22.7 Å². The summed E-state index contributed by atoms with van der Waals surface area (Å²) in [5.74, 6) is 0.0373. The van der Waals surface area contributed by atoms with E-state index in [0.717, 1.165) is 10.8 Å². The Morgan fingerprint density at radius 1 is 0.500 bits per heavy atom. The molecular formula is C40H32N6O6S2. The Morgan fingerprint density at radius 2 is 0.963 bits per heavy atom. The van der Waals surface area contributed by atoms with Crippen LogP contribution in [0.4, 0.5) is 21.6 Å². The second-order valence-corrected chi connectivity index (χ2v) is 13.0. The summed E-state index contributed by atoms with van der Waals surface area (Å²) in [6, 6.07) is 31.5. The number of thiazole rings is 2. The van der Waals surface area contributed by atoms with Crippen LogP contribution in [0.5, 0.6) is 11.5 Å². The van der Waals surface area contributed by atoms with Gasteiger partial charge < -0.3 is 20.1 Å². The fourth-order valence-corrected chi connectivity index (χ4v) is 6.14. The number of hydrogen-bond donors (Lipinski definition) is 4. The zero-order valence-corrected chi connectivity index (χ0v) is 30.5. The number of para-hydroxylation sites is 1. The van der Waals surface area contributed by atoms with Crippen LogP contribution in [-0.2, 0) is 0 Å². The highest BCUT2D eigenvalue weighted by molar-refractivity contribution is 7.14. The van der Waals surface area contributed by atoms with Crippen LogP contribution in [0.3, 0.4) is 0 Å². The summed E-state index contributed by atoms with van der Waals surface area (Å²) >= 11 is 2.65. The van der Waals surface area contributed by atoms with E-state index in [2.05, 4.69) is 31.2 Å². The molecule has 0 radical (unpaired) electrons. The monoisotopic (exact) mass is 756 g/mol. The third kappa shape index (κ3) is 9.30. The van der Waals surface area contributed by atoms with Crippen LogP contribution >= 0.6 is 22.7 Å². The van der Waals surface area contributed by atoms with Crippen LogP contribution in [0.1, 0.15) is 41.4 Å². The highest BCUT2D eigenvalue weighted by atomic mass is 32.1. The molecule has 54 heavy (non-hydrogen) atoms. The second-order valence-electron chi connectivity index (χ2n) is 11.2. The quantitative estimate of drug-likeness (QED) is 0.108. The molecule has 12 nitrogen and oxygen atoms in total. The van der Waals surface area contributed by atoms with Crippen LogP contribution in [0.15, 0.2) is 132 Å². The van der Waals surface area contributed by atoms with Gasteiger partial charge in [-0.1, -0.05) is 36.4 Å². The molecule has 2 heterocycles. The van der Waals surface area contributed by atoms with Gasteiger partial charge in [0.2, 0.25) is 0 Å². The first-order valence-corrected chi connectivity index (χ1v) is 18.0. The van der Waals surface area contributed by atoms with Gasteiger partial charge in [-0.25, -0.2) is 9.97 Å². The van der Waals surface area contributed by atoms with Gasteiger partial charge in [0, 0.05) is 34.3 Å². The summed E-state index contributed by atoms with van der Waals surface area (Å²) in [5.41, 5.74) is 2.51. The molecule has 0 unspecified atom stereocenters. The van der Waals surface area contributed by atoms with Crippen molar-refractivity contribution in [3.63, 3.8) is 0 Å². The third-order valence-electron chi connectivity index (χ3n) is 7.81. The molecule has 0 saturated heterocycles. The van der Waals surface area contributed by atoms with Crippen LogP contribution in [-0.4, -0.2) is 47.8 Å². The van der Waals surface area contributed by atoms with Gasteiger partial charge in [-0.05, 0) is 83.6 Å². The smallest absolute Gasteiger partial charge is 0.259 e. The van der Waals surface area contributed by atoms with Crippen molar-refractivity contribution < 1.29 is 28.7 Å². The maximum absolute atomic E-state index is 12.9. The molecule has 0 fully saturated rings. The third-order valence-corrected chi connectivity index (χ3v) is 9.19. The van der Waals surface area contributed by atoms with Crippen LogP contribution in [0.25, 0.3) is 10.8 Å². The number of carbonyl (C=O) groups is 4. The molecule has 0 spiro atoms.